The van der Waals surface area contributed by atoms with E-state index in [1.165, 1.54) is 22.9 Å². The van der Waals surface area contributed by atoms with Crippen molar-refractivity contribution in [3.8, 4) is 5.75 Å². The Morgan fingerprint density at radius 3 is 2.61 bits per heavy atom. The zero-order valence-corrected chi connectivity index (χ0v) is 25.5. The molecule has 0 amide bonds. The van der Waals surface area contributed by atoms with Crippen LogP contribution in [0.5, 0.6) is 5.75 Å². The minimum atomic E-state index is -3.53. The van der Waals surface area contributed by atoms with Gasteiger partial charge in [0.25, 0.3) is 0 Å². The Kier molecular flexibility index (Phi) is 8.75. The maximum absolute atomic E-state index is 12.9. The number of aliphatic hydroxyl groups is 1. The molecule has 1 aromatic heterocycles. The molecule has 1 saturated heterocycles. The summed E-state index contributed by atoms with van der Waals surface area (Å²) < 4.78 is 32.2. The second-order valence-corrected chi connectivity index (χ2v) is 14.0. The largest absolute Gasteiger partial charge is 0.488 e. The maximum atomic E-state index is 12.9. The molecule has 2 aliphatic rings. The molecule has 0 radical (unpaired) electrons. The second kappa shape index (κ2) is 12.1. The highest BCUT2D eigenvalue weighted by Gasteiger charge is 2.32. The summed E-state index contributed by atoms with van der Waals surface area (Å²) in [6, 6.07) is 8.83. The number of nitrogens with one attached hydrogen (secondary N) is 2. The van der Waals surface area contributed by atoms with Gasteiger partial charge in [-0.05, 0) is 88.9 Å². The standard InChI is InChI=1S/C30H38ClN5O4S/c1-18(2)41(38,39)26-8-6-5-7-24(26)33-29-23(31)17-32-30(35-29)34-25-15-19(3)27(22-16-20(4)40-28(22)25)21-9-11-36(12-10-21)13-14-37/h5-8,15,17-18,20-21,37H,9-14,16H2,1-4H3,(H2,32,33,34,35). The average Bonchev–Trinajstić information content (AvgIpc) is 3.33. The van der Waals surface area contributed by atoms with Crippen molar-refractivity contribution < 1.29 is 18.3 Å². The number of hydrogen-bond acceptors (Lipinski definition) is 9. The lowest BCUT2D eigenvalue weighted by molar-refractivity contribution is 0.164. The SMILES string of the molecule is Cc1cc(Nc2ncc(Cl)c(Nc3ccccc3S(=O)(=O)C(C)C)n2)c2c(c1C1CCN(CCO)CC1)CC(C)O2. The van der Waals surface area contributed by atoms with Crippen LogP contribution in [0.4, 0.5) is 23.1 Å². The van der Waals surface area contributed by atoms with Gasteiger partial charge in [0, 0.05) is 18.5 Å². The maximum Gasteiger partial charge on any atom is 0.229 e. The lowest BCUT2D eigenvalue weighted by Gasteiger charge is -2.33. The molecule has 2 aliphatic heterocycles. The molecule has 2 aromatic carbocycles. The summed E-state index contributed by atoms with van der Waals surface area (Å²) in [5.41, 5.74) is 5.00. The molecule has 3 heterocycles. The van der Waals surface area contributed by atoms with Crippen LogP contribution in [0.1, 0.15) is 56.2 Å². The number of aryl methyl sites for hydroxylation is 1. The van der Waals surface area contributed by atoms with E-state index < -0.39 is 15.1 Å². The third-order valence-corrected chi connectivity index (χ3v) is 10.4. The number of hydrogen-bond donors (Lipinski definition) is 3. The predicted octanol–water partition coefficient (Wildman–Crippen LogP) is 5.60. The van der Waals surface area contributed by atoms with Gasteiger partial charge >= 0.3 is 0 Å². The molecule has 1 atom stereocenters. The average molecular weight is 600 g/mol. The van der Waals surface area contributed by atoms with E-state index in [-0.39, 0.29) is 22.6 Å². The first-order chi connectivity index (χ1) is 19.6. The number of fused-ring (bicyclic) bond motifs is 1. The Labute approximate surface area is 247 Å². The number of rotatable bonds is 9. The van der Waals surface area contributed by atoms with E-state index in [1.807, 2.05) is 0 Å². The molecule has 5 rings (SSSR count). The zero-order valence-electron chi connectivity index (χ0n) is 23.9. The first-order valence-corrected chi connectivity index (χ1v) is 16.1. The van der Waals surface area contributed by atoms with Crippen LogP contribution in [0.3, 0.4) is 0 Å². The van der Waals surface area contributed by atoms with Crippen LogP contribution >= 0.6 is 11.6 Å². The molecule has 3 aromatic rings. The number of anilines is 4. The first kappa shape index (κ1) is 29.6. The summed E-state index contributed by atoms with van der Waals surface area (Å²) in [7, 11) is -3.53. The number of likely N-dealkylation sites (tertiary alicyclic amines) is 1. The summed E-state index contributed by atoms with van der Waals surface area (Å²) in [5.74, 6) is 1.89. The van der Waals surface area contributed by atoms with Gasteiger partial charge in [-0.15, -0.1) is 0 Å². The molecule has 41 heavy (non-hydrogen) atoms. The van der Waals surface area contributed by atoms with Gasteiger partial charge in [-0.1, -0.05) is 23.7 Å². The Morgan fingerprint density at radius 1 is 1.17 bits per heavy atom. The fourth-order valence-electron chi connectivity index (χ4n) is 5.83. The molecule has 3 N–H and O–H groups in total. The van der Waals surface area contributed by atoms with E-state index in [9.17, 15) is 13.5 Å². The quantitative estimate of drug-likeness (QED) is 0.289. The monoisotopic (exact) mass is 599 g/mol. The van der Waals surface area contributed by atoms with Crippen LogP contribution in [-0.4, -0.2) is 66.0 Å². The number of ether oxygens (including phenoxy) is 1. The van der Waals surface area contributed by atoms with Gasteiger partial charge in [-0.25, -0.2) is 13.4 Å². The van der Waals surface area contributed by atoms with Crippen molar-refractivity contribution in [3.63, 3.8) is 0 Å². The van der Waals surface area contributed by atoms with Gasteiger partial charge in [0.15, 0.2) is 15.7 Å². The number of aliphatic hydroxyl groups excluding tert-OH is 1. The van der Waals surface area contributed by atoms with Gasteiger partial charge in [-0.2, -0.15) is 4.98 Å². The Bertz CT molecular complexity index is 1520. The topological polar surface area (TPSA) is 117 Å². The number of aromatic nitrogens is 2. The minimum absolute atomic E-state index is 0.0587. The smallest absolute Gasteiger partial charge is 0.229 e. The van der Waals surface area contributed by atoms with Crippen LogP contribution in [0, 0.1) is 6.92 Å². The zero-order chi connectivity index (χ0) is 29.3. The molecule has 0 spiro atoms. The van der Waals surface area contributed by atoms with Crippen LogP contribution in [0.2, 0.25) is 5.02 Å². The highest BCUT2D eigenvalue weighted by molar-refractivity contribution is 7.92. The molecule has 9 nitrogen and oxygen atoms in total. The van der Waals surface area contributed by atoms with E-state index >= 15 is 0 Å². The lowest BCUT2D eigenvalue weighted by Crippen LogP contribution is -2.35. The van der Waals surface area contributed by atoms with Gasteiger partial charge in [-0.3, -0.25) is 0 Å². The predicted molar refractivity (Wildman–Crippen MR) is 163 cm³/mol. The molecule has 0 saturated carbocycles. The summed E-state index contributed by atoms with van der Waals surface area (Å²) in [6.07, 6.45) is 4.50. The van der Waals surface area contributed by atoms with Crippen LogP contribution in [0.15, 0.2) is 41.4 Å². The summed E-state index contributed by atoms with van der Waals surface area (Å²) in [5, 5.41) is 15.4. The van der Waals surface area contributed by atoms with Gasteiger partial charge in [0.05, 0.1) is 34.3 Å². The molecule has 220 valence electrons. The van der Waals surface area contributed by atoms with Crippen molar-refractivity contribution in [1.29, 1.82) is 0 Å². The third-order valence-electron chi connectivity index (χ3n) is 7.91. The van der Waals surface area contributed by atoms with Crippen LogP contribution in [0.25, 0.3) is 0 Å². The van der Waals surface area contributed by atoms with Crippen molar-refractivity contribution in [2.45, 2.75) is 69.1 Å². The first-order valence-electron chi connectivity index (χ1n) is 14.1. The van der Waals surface area contributed by atoms with Crippen LogP contribution in [-0.2, 0) is 16.3 Å². The fraction of sp³-hybridized carbons (Fsp3) is 0.467. The highest BCUT2D eigenvalue weighted by atomic mass is 35.5. The number of sulfone groups is 1. The van der Waals surface area contributed by atoms with Gasteiger partial charge in [0.2, 0.25) is 5.95 Å². The van der Waals surface area contributed by atoms with Crippen LogP contribution < -0.4 is 15.4 Å². The van der Waals surface area contributed by atoms with Gasteiger partial charge in [0.1, 0.15) is 16.9 Å². The van der Waals surface area contributed by atoms with Crippen molar-refractivity contribution >= 4 is 44.6 Å². The molecule has 0 bridgehead atoms. The molecule has 11 heteroatoms. The van der Waals surface area contributed by atoms with E-state index in [2.05, 4.69) is 45.4 Å². The fourth-order valence-corrected chi connectivity index (χ4v) is 7.17. The van der Waals surface area contributed by atoms with Gasteiger partial charge < -0.3 is 25.4 Å². The molecule has 0 aliphatic carbocycles. The summed E-state index contributed by atoms with van der Waals surface area (Å²) >= 11 is 6.45. The second-order valence-electron chi connectivity index (χ2n) is 11.2. The summed E-state index contributed by atoms with van der Waals surface area (Å²) in [6.45, 7) is 10.4. The molecular weight excluding hydrogens is 562 g/mol. The third kappa shape index (κ3) is 6.16. The van der Waals surface area contributed by atoms with Crippen molar-refractivity contribution in [1.82, 2.24) is 14.9 Å². The number of para-hydroxylation sites is 1. The normalized spacial score (nSPS) is 17.9. The Balaban J connectivity index is 1.43. The number of benzene rings is 2. The highest BCUT2D eigenvalue weighted by Crippen LogP contribution is 2.46. The van der Waals surface area contributed by atoms with E-state index in [0.717, 1.165) is 50.3 Å². The minimum Gasteiger partial charge on any atom is -0.488 e. The lowest BCUT2D eigenvalue weighted by atomic mass is 9.82. The number of β-amino-alcohol motifs (C(OH)–C–C–N with tert-alkyl or cyclic N) is 1. The van der Waals surface area contributed by atoms with E-state index in [1.54, 1.807) is 38.1 Å². The van der Waals surface area contributed by atoms with Crippen molar-refractivity contribution in [2.24, 2.45) is 0 Å². The van der Waals surface area contributed by atoms with Crippen molar-refractivity contribution in [3.05, 3.63) is 58.2 Å². The molecule has 1 unspecified atom stereocenters. The van der Waals surface area contributed by atoms with Crippen molar-refractivity contribution in [2.75, 3.05) is 36.9 Å². The van der Waals surface area contributed by atoms with E-state index in [4.69, 9.17) is 16.3 Å². The number of halogens is 1. The summed E-state index contributed by atoms with van der Waals surface area (Å²) in [4.78, 5) is 11.5. The number of nitrogens with zero attached hydrogens (tertiary/aromatic N) is 3. The molecule has 1 fully saturated rings. The number of piperidine rings is 1. The Morgan fingerprint density at radius 2 is 1.90 bits per heavy atom. The Hall–Kier alpha value is -2.92. The molecular formula is C30H38ClN5O4S. The van der Waals surface area contributed by atoms with E-state index in [0.29, 0.717) is 23.4 Å².